The van der Waals surface area contributed by atoms with E-state index in [0.717, 1.165) is 0 Å². The van der Waals surface area contributed by atoms with Crippen LogP contribution in [0.4, 0.5) is 4.79 Å². The summed E-state index contributed by atoms with van der Waals surface area (Å²) in [5, 5.41) is 19.4. The molecule has 0 fully saturated rings. The van der Waals surface area contributed by atoms with Crippen molar-refractivity contribution in [2.75, 3.05) is 33.4 Å². The normalized spacial score (nSPS) is 9.36. The average molecular weight is 162 g/mol. The van der Waals surface area contributed by atoms with Crippen LogP contribution in [-0.4, -0.2) is 54.5 Å². The molecule has 0 saturated heterocycles. The molecule has 0 radical (unpaired) electrons. The Hall–Kier alpha value is -0.810. The van der Waals surface area contributed by atoms with E-state index in [1.807, 2.05) is 0 Å². The van der Waals surface area contributed by atoms with Crippen LogP contribution >= 0.6 is 0 Å². The third-order valence-corrected chi connectivity index (χ3v) is 1.24. The lowest BCUT2D eigenvalue weighted by Gasteiger charge is -2.19. The zero-order valence-electron chi connectivity index (χ0n) is 6.58. The molecule has 11 heavy (non-hydrogen) atoms. The summed E-state index contributed by atoms with van der Waals surface area (Å²) in [6.07, 6.45) is 0. The maximum atomic E-state index is 10.9. The second-order valence-corrected chi connectivity index (χ2v) is 1.99. The van der Waals surface area contributed by atoms with Gasteiger partial charge in [-0.25, -0.2) is 4.79 Å². The summed E-state index contributed by atoms with van der Waals surface area (Å²) >= 11 is 0. The minimum Gasteiger partial charge on any atom is -0.395 e. The van der Waals surface area contributed by atoms with Crippen molar-refractivity contribution in [3.05, 3.63) is 0 Å². The molecule has 0 aliphatic heterocycles. The van der Waals surface area contributed by atoms with E-state index >= 15 is 0 Å². The lowest BCUT2D eigenvalue weighted by Crippen LogP contribution is -2.41. The van der Waals surface area contributed by atoms with E-state index in [1.165, 1.54) is 11.9 Å². The van der Waals surface area contributed by atoms with E-state index in [0.29, 0.717) is 0 Å². The van der Waals surface area contributed by atoms with Crippen molar-refractivity contribution in [1.29, 1.82) is 0 Å². The van der Waals surface area contributed by atoms with Crippen LogP contribution in [0.1, 0.15) is 0 Å². The Morgan fingerprint density at radius 2 is 1.82 bits per heavy atom. The van der Waals surface area contributed by atoms with E-state index in [-0.39, 0.29) is 32.3 Å². The molecule has 66 valence electrons. The molecule has 5 heteroatoms. The van der Waals surface area contributed by atoms with E-state index in [2.05, 4.69) is 5.32 Å². The van der Waals surface area contributed by atoms with Crippen molar-refractivity contribution in [3.63, 3.8) is 0 Å². The molecule has 0 aromatic heterocycles. The lowest BCUT2D eigenvalue weighted by atomic mass is 10.5. The predicted molar refractivity (Wildman–Crippen MR) is 40.2 cm³/mol. The van der Waals surface area contributed by atoms with Gasteiger partial charge in [-0.3, -0.25) is 0 Å². The fourth-order valence-corrected chi connectivity index (χ4v) is 0.714. The first-order valence-electron chi connectivity index (χ1n) is 3.44. The summed E-state index contributed by atoms with van der Waals surface area (Å²) in [4.78, 5) is 12.2. The second-order valence-electron chi connectivity index (χ2n) is 1.99. The van der Waals surface area contributed by atoms with Crippen LogP contribution in [0.25, 0.3) is 0 Å². The first-order valence-corrected chi connectivity index (χ1v) is 3.44. The lowest BCUT2D eigenvalue weighted by molar-refractivity contribution is 0.160. The highest BCUT2D eigenvalue weighted by Crippen LogP contribution is 1.86. The van der Waals surface area contributed by atoms with Gasteiger partial charge in [0.15, 0.2) is 0 Å². The molecular formula is C6H14N2O3. The van der Waals surface area contributed by atoms with E-state index in [4.69, 9.17) is 10.2 Å². The van der Waals surface area contributed by atoms with Crippen molar-refractivity contribution in [2.24, 2.45) is 0 Å². The largest absolute Gasteiger partial charge is 0.395 e. The SMILES string of the molecule is CNC(=O)N(CCO)CCO. The molecule has 0 aliphatic carbocycles. The highest BCUT2D eigenvalue weighted by Gasteiger charge is 2.08. The first kappa shape index (κ1) is 10.2. The number of rotatable bonds is 4. The maximum absolute atomic E-state index is 10.9. The van der Waals surface area contributed by atoms with Gasteiger partial charge >= 0.3 is 6.03 Å². The number of urea groups is 1. The van der Waals surface area contributed by atoms with Crippen molar-refractivity contribution in [3.8, 4) is 0 Å². The number of amides is 2. The molecule has 0 aromatic rings. The van der Waals surface area contributed by atoms with E-state index < -0.39 is 0 Å². The van der Waals surface area contributed by atoms with Crippen LogP contribution in [-0.2, 0) is 0 Å². The number of aliphatic hydroxyl groups is 2. The molecule has 0 aromatic carbocycles. The fourth-order valence-electron chi connectivity index (χ4n) is 0.714. The van der Waals surface area contributed by atoms with Gasteiger partial charge in [-0.05, 0) is 0 Å². The summed E-state index contributed by atoms with van der Waals surface area (Å²) in [5.41, 5.74) is 0. The van der Waals surface area contributed by atoms with Gasteiger partial charge < -0.3 is 20.4 Å². The molecule has 0 spiro atoms. The Bertz CT molecular complexity index is 112. The molecule has 0 heterocycles. The predicted octanol–water partition coefficient (Wildman–Crippen LogP) is -1.39. The Kier molecular flexibility index (Phi) is 5.50. The highest BCUT2D eigenvalue weighted by molar-refractivity contribution is 5.73. The Morgan fingerprint density at radius 1 is 1.36 bits per heavy atom. The van der Waals surface area contributed by atoms with Crippen LogP contribution in [0.2, 0.25) is 0 Å². The van der Waals surface area contributed by atoms with Crippen molar-refractivity contribution < 1.29 is 15.0 Å². The number of nitrogens with zero attached hydrogens (tertiary/aromatic N) is 1. The smallest absolute Gasteiger partial charge is 0.317 e. The molecule has 5 nitrogen and oxygen atoms in total. The van der Waals surface area contributed by atoms with Gasteiger partial charge in [0.05, 0.1) is 13.2 Å². The molecule has 0 rings (SSSR count). The molecule has 3 N–H and O–H groups in total. The third-order valence-electron chi connectivity index (χ3n) is 1.24. The third kappa shape index (κ3) is 3.79. The van der Waals surface area contributed by atoms with Gasteiger partial charge in [0.1, 0.15) is 0 Å². The van der Waals surface area contributed by atoms with Gasteiger partial charge in [-0.2, -0.15) is 0 Å². The number of carbonyl (C=O) groups excluding carboxylic acids is 1. The Morgan fingerprint density at radius 3 is 2.09 bits per heavy atom. The van der Waals surface area contributed by atoms with Crippen molar-refractivity contribution >= 4 is 6.03 Å². The van der Waals surface area contributed by atoms with E-state index in [9.17, 15) is 4.79 Å². The second kappa shape index (κ2) is 5.94. The quantitative estimate of drug-likeness (QED) is 0.476. The first-order chi connectivity index (χ1) is 5.26. The minimum atomic E-state index is -0.284. The van der Waals surface area contributed by atoms with Gasteiger partial charge in [0.2, 0.25) is 0 Å². The van der Waals surface area contributed by atoms with Gasteiger partial charge in [-0.15, -0.1) is 0 Å². The van der Waals surface area contributed by atoms with Gasteiger partial charge in [-0.1, -0.05) is 0 Å². The van der Waals surface area contributed by atoms with Crippen molar-refractivity contribution in [2.45, 2.75) is 0 Å². The minimum absolute atomic E-state index is 0.0899. The van der Waals surface area contributed by atoms with E-state index in [1.54, 1.807) is 0 Å². The summed E-state index contributed by atoms with van der Waals surface area (Å²) in [6, 6.07) is -0.284. The Balaban J connectivity index is 3.76. The highest BCUT2D eigenvalue weighted by atomic mass is 16.3. The van der Waals surface area contributed by atoms with Crippen LogP contribution in [0.3, 0.4) is 0 Å². The molecule has 0 atom stereocenters. The average Bonchev–Trinajstić information content (AvgIpc) is 2.03. The number of carbonyl (C=O) groups is 1. The number of nitrogens with one attached hydrogen (secondary N) is 1. The number of hydrogen-bond donors (Lipinski definition) is 3. The van der Waals surface area contributed by atoms with Crippen LogP contribution in [0.15, 0.2) is 0 Å². The standard InChI is InChI=1S/C6H14N2O3/c1-7-6(11)8(2-4-9)3-5-10/h9-10H,2-5H2,1H3,(H,7,11). The molecule has 0 aliphatic rings. The molecule has 0 unspecified atom stereocenters. The summed E-state index contributed by atoms with van der Waals surface area (Å²) < 4.78 is 0. The fraction of sp³-hybridized carbons (Fsp3) is 0.833. The molecule has 0 saturated carbocycles. The zero-order valence-corrected chi connectivity index (χ0v) is 6.58. The van der Waals surface area contributed by atoms with Crippen LogP contribution < -0.4 is 5.32 Å². The monoisotopic (exact) mass is 162 g/mol. The topological polar surface area (TPSA) is 72.8 Å². The van der Waals surface area contributed by atoms with Crippen LogP contribution in [0.5, 0.6) is 0 Å². The summed E-state index contributed by atoms with van der Waals surface area (Å²) in [7, 11) is 1.50. The van der Waals surface area contributed by atoms with Gasteiger partial charge in [0, 0.05) is 20.1 Å². The number of hydrogen-bond acceptors (Lipinski definition) is 3. The van der Waals surface area contributed by atoms with Crippen LogP contribution in [0, 0.1) is 0 Å². The molecular weight excluding hydrogens is 148 g/mol. The maximum Gasteiger partial charge on any atom is 0.317 e. The Labute approximate surface area is 65.6 Å². The summed E-state index contributed by atoms with van der Waals surface area (Å²) in [5.74, 6) is 0. The van der Waals surface area contributed by atoms with Crippen molar-refractivity contribution in [1.82, 2.24) is 10.2 Å². The van der Waals surface area contributed by atoms with Gasteiger partial charge in [0.25, 0.3) is 0 Å². The zero-order chi connectivity index (χ0) is 8.69. The molecule has 0 bridgehead atoms. The number of aliphatic hydroxyl groups excluding tert-OH is 2. The molecule has 2 amide bonds. The summed E-state index contributed by atoms with van der Waals surface area (Å²) in [6.45, 7) is 0.321.